The summed E-state index contributed by atoms with van der Waals surface area (Å²) >= 11 is 0. The van der Waals surface area contributed by atoms with E-state index in [1.165, 1.54) is 0 Å². The minimum absolute atomic E-state index is 0.00509. The maximum Gasteiger partial charge on any atom is 0.257 e. The first-order valence-corrected chi connectivity index (χ1v) is 8.72. The van der Waals surface area contributed by atoms with Gasteiger partial charge in [0.2, 0.25) is 5.91 Å². The number of carbonyl (C=O) groups excluding carboxylic acids is 2. The summed E-state index contributed by atoms with van der Waals surface area (Å²) < 4.78 is 0. The second-order valence-corrected chi connectivity index (χ2v) is 7.27. The molecule has 3 aliphatic rings. The minimum Gasteiger partial charge on any atom is -0.319 e. The summed E-state index contributed by atoms with van der Waals surface area (Å²) in [6.07, 6.45) is 1.65. The minimum atomic E-state index is -0.482. The molecule has 3 aliphatic heterocycles. The molecule has 0 bridgehead atoms. The Kier molecular flexibility index (Phi) is 3.19. The second-order valence-electron chi connectivity index (χ2n) is 7.27. The number of carbonyl (C=O) groups is 2. The largest absolute Gasteiger partial charge is 0.319 e. The molecule has 2 amide bonds. The molecule has 0 radical (unpaired) electrons. The van der Waals surface area contributed by atoms with Crippen LogP contribution < -0.4 is 15.5 Å². The lowest BCUT2D eigenvalue weighted by atomic mass is 9.74. The van der Waals surface area contributed by atoms with E-state index in [0.717, 1.165) is 6.54 Å². The summed E-state index contributed by atoms with van der Waals surface area (Å²) in [4.78, 5) is 34.7. The van der Waals surface area contributed by atoms with Gasteiger partial charge in [0.1, 0.15) is 0 Å². The summed E-state index contributed by atoms with van der Waals surface area (Å²) in [6.45, 7) is 2.18. The molecule has 7 nitrogen and oxygen atoms in total. The molecule has 2 aromatic rings. The van der Waals surface area contributed by atoms with Crippen LogP contribution in [-0.4, -0.2) is 54.4 Å². The number of likely N-dealkylation sites (tertiary alicyclic amines) is 1. The molecule has 2 N–H and O–H groups in total. The van der Waals surface area contributed by atoms with Crippen LogP contribution in [0.3, 0.4) is 0 Å². The molecule has 2 fully saturated rings. The van der Waals surface area contributed by atoms with Gasteiger partial charge in [-0.2, -0.15) is 0 Å². The van der Waals surface area contributed by atoms with Gasteiger partial charge in [-0.15, -0.1) is 0 Å². The second kappa shape index (κ2) is 5.36. The highest BCUT2D eigenvalue weighted by Gasteiger charge is 2.59. The summed E-state index contributed by atoms with van der Waals surface area (Å²) in [6, 6.07) is 10.9. The lowest BCUT2D eigenvalue weighted by Crippen LogP contribution is -2.68. The number of rotatable bonds is 1. The third-order valence-corrected chi connectivity index (χ3v) is 5.64. The van der Waals surface area contributed by atoms with Crippen LogP contribution in [0.2, 0.25) is 0 Å². The molecule has 1 aromatic carbocycles. The van der Waals surface area contributed by atoms with Gasteiger partial charge in [0, 0.05) is 31.9 Å². The van der Waals surface area contributed by atoms with Gasteiger partial charge >= 0.3 is 0 Å². The normalized spacial score (nSPS) is 26.9. The van der Waals surface area contributed by atoms with Gasteiger partial charge < -0.3 is 15.5 Å². The summed E-state index contributed by atoms with van der Waals surface area (Å²) in [5.74, 6) is 0.245. The van der Waals surface area contributed by atoms with Crippen LogP contribution in [0.15, 0.2) is 42.6 Å². The van der Waals surface area contributed by atoms with Crippen LogP contribution in [0.5, 0.6) is 0 Å². The quantitative estimate of drug-likeness (QED) is 0.809. The Bertz CT molecular complexity index is 930. The number of pyridine rings is 1. The fourth-order valence-electron chi connectivity index (χ4n) is 4.31. The molecule has 132 valence electrons. The van der Waals surface area contributed by atoms with Crippen LogP contribution in [0.1, 0.15) is 10.4 Å². The third kappa shape index (κ3) is 1.98. The first-order chi connectivity index (χ1) is 12.6. The number of nitrogens with one attached hydrogen (secondary N) is 2. The zero-order valence-electron chi connectivity index (χ0n) is 14.4. The average Bonchev–Trinajstić information content (AvgIpc) is 2.79. The molecule has 0 aliphatic carbocycles. The number of anilines is 3. The zero-order valence-corrected chi connectivity index (χ0v) is 14.4. The number of para-hydroxylation sites is 1. The van der Waals surface area contributed by atoms with Crippen molar-refractivity contribution in [1.82, 2.24) is 15.2 Å². The predicted octanol–water partition coefficient (Wildman–Crippen LogP) is 1.22. The molecular weight excluding hydrogens is 330 g/mol. The highest BCUT2D eigenvalue weighted by Crippen LogP contribution is 2.44. The van der Waals surface area contributed by atoms with Gasteiger partial charge in [-0.25, -0.2) is 4.98 Å². The molecule has 2 saturated heterocycles. The Labute approximate surface area is 151 Å². The smallest absolute Gasteiger partial charge is 0.257 e. The van der Waals surface area contributed by atoms with Gasteiger partial charge in [-0.3, -0.25) is 14.5 Å². The number of hydrogen-bond donors (Lipinski definition) is 2. The number of nitrogens with zero attached hydrogens (tertiary/aromatic N) is 3. The highest BCUT2D eigenvalue weighted by atomic mass is 16.2. The van der Waals surface area contributed by atoms with Crippen LogP contribution >= 0.6 is 0 Å². The van der Waals surface area contributed by atoms with Crippen molar-refractivity contribution in [2.24, 2.45) is 5.41 Å². The topological polar surface area (TPSA) is 77.6 Å². The Morgan fingerprint density at radius 3 is 2.88 bits per heavy atom. The molecular formula is C19H19N5O2. The first-order valence-electron chi connectivity index (χ1n) is 8.72. The number of benzene rings is 1. The van der Waals surface area contributed by atoms with Crippen molar-refractivity contribution in [3.63, 3.8) is 0 Å². The van der Waals surface area contributed by atoms with Crippen LogP contribution in [0.4, 0.5) is 17.2 Å². The van der Waals surface area contributed by atoms with Crippen molar-refractivity contribution >= 4 is 29.0 Å². The highest BCUT2D eigenvalue weighted by molar-refractivity contribution is 6.18. The maximum absolute atomic E-state index is 13.8. The number of hydrogen-bond acceptors (Lipinski definition) is 5. The summed E-state index contributed by atoms with van der Waals surface area (Å²) in [7, 11) is 2.03. The van der Waals surface area contributed by atoms with Crippen molar-refractivity contribution in [3.8, 4) is 0 Å². The van der Waals surface area contributed by atoms with E-state index in [0.29, 0.717) is 35.8 Å². The van der Waals surface area contributed by atoms with E-state index < -0.39 is 5.41 Å². The van der Waals surface area contributed by atoms with Gasteiger partial charge in [-0.05, 0) is 31.3 Å². The fraction of sp³-hybridized carbons (Fsp3) is 0.316. The Hall–Kier alpha value is -2.77. The van der Waals surface area contributed by atoms with Gasteiger partial charge in [0.25, 0.3) is 5.91 Å². The average molecular weight is 349 g/mol. The Balaban J connectivity index is 1.70. The monoisotopic (exact) mass is 349 g/mol. The third-order valence-electron chi connectivity index (χ3n) is 5.64. The summed E-state index contributed by atoms with van der Waals surface area (Å²) in [5.41, 5.74) is 1.13. The molecule has 7 heteroatoms. The van der Waals surface area contributed by atoms with E-state index in [9.17, 15) is 9.59 Å². The molecule has 1 aromatic heterocycles. The number of amides is 2. The Morgan fingerprint density at radius 2 is 2.12 bits per heavy atom. The van der Waals surface area contributed by atoms with E-state index in [1.54, 1.807) is 35.4 Å². The van der Waals surface area contributed by atoms with Crippen molar-refractivity contribution in [2.45, 2.75) is 6.04 Å². The number of fused-ring (bicyclic) bond motifs is 3. The summed E-state index contributed by atoms with van der Waals surface area (Å²) in [5, 5.41) is 6.26. The van der Waals surface area contributed by atoms with E-state index in [2.05, 4.69) is 20.5 Å². The number of aromatic nitrogens is 1. The lowest BCUT2D eigenvalue weighted by molar-refractivity contribution is -0.131. The van der Waals surface area contributed by atoms with Gasteiger partial charge in [-0.1, -0.05) is 12.1 Å². The predicted molar refractivity (Wildman–Crippen MR) is 97.5 cm³/mol. The standard InChI is InChI=1S/C19H19N5O2/c1-23-9-15-19(11-23,10-21-15)18(26)24-14-7-3-2-5-12(14)17(25)22-13-6-4-8-20-16(13)24/h2-8,15,21H,9-11H2,1H3,(H,22,25). The fourth-order valence-corrected chi connectivity index (χ4v) is 4.31. The van der Waals surface area contributed by atoms with E-state index in [4.69, 9.17) is 0 Å². The van der Waals surface area contributed by atoms with Crippen molar-refractivity contribution in [1.29, 1.82) is 0 Å². The van der Waals surface area contributed by atoms with Crippen LogP contribution in [0, 0.1) is 5.41 Å². The molecule has 4 heterocycles. The molecule has 5 rings (SSSR count). The van der Waals surface area contributed by atoms with E-state index in [-0.39, 0.29) is 17.9 Å². The molecule has 2 atom stereocenters. The van der Waals surface area contributed by atoms with Crippen LogP contribution in [0.25, 0.3) is 0 Å². The van der Waals surface area contributed by atoms with Crippen molar-refractivity contribution in [2.75, 3.05) is 36.9 Å². The lowest BCUT2D eigenvalue weighted by Gasteiger charge is -2.45. The molecule has 2 unspecified atom stereocenters. The zero-order chi connectivity index (χ0) is 17.9. The maximum atomic E-state index is 13.8. The van der Waals surface area contributed by atoms with E-state index >= 15 is 0 Å². The number of likely N-dealkylation sites (N-methyl/N-ethyl adjacent to an activating group) is 1. The molecule has 0 spiro atoms. The van der Waals surface area contributed by atoms with E-state index in [1.807, 2.05) is 19.2 Å². The molecule has 26 heavy (non-hydrogen) atoms. The van der Waals surface area contributed by atoms with Crippen molar-refractivity contribution in [3.05, 3.63) is 48.2 Å². The van der Waals surface area contributed by atoms with Crippen LogP contribution in [-0.2, 0) is 4.79 Å². The SMILES string of the molecule is CN1CC2NCC2(C(=O)N2c3ccccc3C(=O)Nc3cccnc32)C1. The first kappa shape index (κ1) is 15.5. The Morgan fingerprint density at radius 1 is 1.27 bits per heavy atom. The molecule has 0 saturated carbocycles. The van der Waals surface area contributed by atoms with Crippen molar-refractivity contribution < 1.29 is 9.59 Å². The van der Waals surface area contributed by atoms with Gasteiger partial charge in [0.15, 0.2) is 5.82 Å². The van der Waals surface area contributed by atoms with Gasteiger partial charge in [0.05, 0.1) is 22.4 Å².